The number of carbonyl (C=O) groups is 3. The van der Waals surface area contributed by atoms with Crippen molar-refractivity contribution in [3.8, 4) is 5.75 Å². The fourth-order valence-corrected chi connectivity index (χ4v) is 5.18. The Balaban J connectivity index is 1.34. The number of hydrogen-bond acceptors (Lipinski definition) is 4. The van der Waals surface area contributed by atoms with Crippen LogP contribution in [0.1, 0.15) is 35.2 Å². The maximum atomic E-state index is 12.9. The molecule has 2 bridgehead atoms. The van der Waals surface area contributed by atoms with E-state index in [1.165, 1.54) is 4.90 Å². The summed E-state index contributed by atoms with van der Waals surface area (Å²) < 4.78 is 5.37. The zero-order chi connectivity index (χ0) is 19.4. The lowest BCUT2D eigenvalue weighted by atomic mass is 9.81. The molecule has 0 N–H and O–H groups in total. The summed E-state index contributed by atoms with van der Waals surface area (Å²) in [5.41, 5.74) is 2.00. The largest absolute Gasteiger partial charge is 0.423 e. The summed E-state index contributed by atoms with van der Waals surface area (Å²) >= 11 is 0. The number of ether oxygens (including phenoxy) is 1. The van der Waals surface area contributed by atoms with E-state index in [1.54, 1.807) is 36.4 Å². The first-order valence-electron chi connectivity index (χ1n) is 9.79. The lowest BCUT2D eigenvalue weighted by Gasteiger charge is -2.19. The first-order valence-corrected chi connectivity index (χ1v) is 9.79. The summed E-state index contributed by atoms with van der Waals surface area (Å²) in [5.74, 6) is 0.307. The van der Waals surface area contributed by atoms with E-state index >= 15 is 0 Å². The van der Waals surface area contributed by atoms with Crippen LogP contribution in [0.5, 0.6) is 5.75 Å². The van der Waals surface area contributed by atoms with E-state index in [0.717, 1.165) is 24.8 Å². The lowest BCUT2D eigenvalue weighted by Crippen LogP contribution is -2.32. The van der Waals surface area contributed by atoms with Gasteiger partial charge >= 0.3 is 5.97 Å². The minimum absolute atomic E-state index is 0.0721. The van der Waals surface area contributed by atoms with Crippen molar-refractivity contribution in [2.24, 2.45) is 23.7 Å². The summed E-state index contributed by atoms with van der Waals surface area (Å²) in [6.45, 7) is 1.96. The van der Waals surface area contributed by atoms with Crippen LogP contribution in [0.25, 0.3) is 0 Å². The van der Waals surface area contributed by atoms with E-state index in [0.29, 0.717) is 28.8 Å². The monoisotopic (exact) mass is 375 g/mol. The molecule has 142 valence electrons. The van der Waals surface area contributed by atoms with E-state index in [-0.39, 0.29) is 23.7 Å². The van der Waals surface area contributed by atoms with Gasteiger partial charge in [0.15, 0.2) is 0 Å². The zero-order valence-electron chi connectivity index (χ0n) is 15.6. The highest BCUT2D eigenvalue weighted by atomic mass is 16.5. The van der Waals surface area contributed by atoms with Gasteiger partial charge in [0.25, 0.3) is 0 Å². The predicted molar refractivity (Wildman–Crippen MR) is 103 cm³/mol. The molecule has 4 atom stereocenters. The number of aryl methyl sites for hydroxylation is 1. The number of carbonyl (C=O) groups excluding carboxylic acids is 3. The van der Waals surface area contributed by atoms with Crippen LogP contribution in [0.2, 0.25) is 0 Å². The number of nitrogens with zero attached hydrogens (tertiary/aromatic N) is 1. The molecule has 2 amide bonds. The number of rotatable bonds is 3. The van der Waals surface area contributed by atoms with Gasteiger partial charge in [-0.15, -0.1) is 0 Å². The molecule has 3 fully saturated rings. The highest BCUT2D eigenvalue weighted by molar-refractivity contribution is 6.22. The van der Waals surface area contributed by atoms with Gasteiger partial charge in [-0.2, -0.15) is 0 Å². The number of esters is 1. The van der Waals surface area contributed by atoms with Gasteiger partial charge in [-0.3, -0.25) is 14.5 Å². The molecule has 0 radical (unpaired) electrons. The number of amides is 2. The first-order chi connectivity index (χ1) is 13.5. The second-order valence-corrected chi connectivity index (χ2v) is 8.15. The van der Waals surface area contributed by atoms with Crippen LogP contribution in [-0.4, -0.2) is 17.8 Å². The smallest absolute Gasteiger partial charge is 0.343 e. The van der Waals surface area contributed by atoms with E-state index in [4.69, 9.17) is 4.74 Å². The van der Waals surface area contributed by atoms with Crippen LogP contribution in [0.3, 0.4) is 0 Å². The quantitative estimate of drug-likeness (QED) is 0.466. The molecule has 5 heteroatoms. The Morgan fingerprint density at radius 2 is 1.46 bits per heavy atom. The Hall–Kier alpha value is -2.95. The Labute approximate surface area is 163 Å². The molecule has 2 aromatic carbocycles. The van der Waals surface area contributed by atoms with Crippen molar-refractivity contribution in [3.05, 3.63) is 59.7 Å². The van der Waals surface area contributed by atoms with E-state index < -0.39 is 5.97 Å². The van der Waals surface area contributed by atoms with Crippen LogP contribution in [-0.2, 0) is 9.59 Å². The first kappa shape index (κ1) is 17.2. The highest BCUT2D eigenvalue weighted by Crippen LogP contribution is 2.56. The fourth-order valence-electron chi connectivity index (χ4n) is 5.18. The lowest BCUT2D eigenvalue weighted by molar-refractivity contribution is -0.123. The Bertz CT molecular complexity index is 935. The number of hydrogen-bond donors (Lipinski definition) is 0. The Morgan fingerprint density at radius 3 is 2.04 bits per heavy atom. The van der Waals surface area contributed by atoms with Gasteiger partial charge in [-0.25, -0.2) is 4.79 Å². The van der Waals surface area contributed by atoms with Crippen molar-refractivity contribution >= 4 is 23.5 Å². The molecule has 5 rings (SSSR count). The standard InChI is InChI=1S/C23H21NO4/c1-13-2-10-18(11-3-13)28-23(27)14-6-8-17(9-7-14)24-21(25)19-15-4-5-16(12-15)20(19)22(24)26/h2-3,6-11,15-16,19-20H,4-5,12H2,1H3/t15-,16-,19-,20+/m0/s1. The molecule has 2 aromatic rings. The van der Waals surface area contributed by atoms with Crippen molar-refractivity contribution in [1.82, 2.24) is 0 Å². The fraction of sp³-hybridized carbons (Fsp3) is 0.348. The van der Waals surface area contributed by atoms with E-state index in [1.807, 2.05) is 19.1 Å². The third kappa shape index (κ3) is 2.57. The summed E-state index contributed by atoms with van der Waals surface area (Å²) in [4.78, 5) is 39.4. The molecule has 5 nitrogen and oxygen atoms in total. The van der Waals surface area contributed by atoms with Crippen LogP contribution in [0.4, 0.5) is 5.69 Å². The van der Waals surface area contributed by atoms with Crippen LogP contribution in [0, 0.1) is 30.6 Å². The Morgan fingerprint density at radius 1 is 0.893 bits per heavy atom. The average Bonchev–Trinajstić information content (AvgIpc) is 3.38. The second-order valence-electron chi connectivity index (χ2n) is 8.15. The molecule has 1 aliphatic heterocycles. The summed E-state index contributed by atoms with van der Waals surface area (Å²) in [6, 6.07) is 13.8. The molecule has 0 unspecified atom stereocenters. The molecule has 1 heterocycles. The topological polar surface area (TPSA) is 63.7 Å². The highest BCUT2D eigenvalue weighted by Gasteiger charge is 2.61. The maximum absolute atomic E-state index is 12.9. The Kier molecular flexibility index (Phi) is 3.86. The van der Waals surface area contributed by atoms with Crippen LogP contribution < -0.4 is 9.64 Å². The number of imide groups is 1. The maximum Gasteiger partial charge on any atom is 0.343 e. The van der Waals surface area contributed by atoms with Crippen molar-refractivity contribution in [2.45, 2.75) is 26.2 Å². The second kappa shape index (κ2) is 6.30. The van der Waals surface area contributed by atoms with Gasteiger partial charge in [0.05, 0.1) is 23.1 Å². The summed E-state index contributed by atoms with van der Waals surface area (Å²) in [6.07, 6.45) is 3.13. The molecular formula is C23H21NO4. The molecule has 28 heavy (non-hydrogen) atoms. The summed E-state index contributed by atoms with van der Waals surface area (Å²) in [7, 11) is 0. The molecule has 2 saturated carbocycles. The third-order valence-corrected chi connectivity index (χ3v) is 6.52. The molecule has 0 spiro atoms. The molecule has 1 saturated heterocycles. The number of anilines is 1. The van der Waals surface area contributed by atoms with Crippen LogP contribution >= 0.6 is 0 Å². The summed E-state index contributed by atoms with van der Waals surface area (Å²) in [5, 5.41) is 0. The van der Waals surface area contributed by atoms with Gasteiger partial charge in [-0.05, 0) is 74.4 Å². The van der Waals surface area contributed by atoms with Gasteiger partial charge in [0.1, 0.15) is 5.75 Å². The minimum Gasteiger partial charge on any atom is -0.423 e. The van der Waals surface area contributed by atoms with Crippen molar-refractivity contribution in [1.29, 1.82) is 0 Å². The van der Waals surface area contributed by atoms with Gasteiger partial charge in [0.2, 0.25) is 11.8 Å². The zero-order valence-corrected chi connectivity index (χ0v) is 15.6. The van der Waals surface area contributed by atoms with Crippen molar-refractivity contribution in [2.75, 3.05) is 4.90 Å². The molecule has 2 aliphatic carbocycles. The van der Waals surface area contributed by atoms with Gasteiger partial charge in [-0.1, -0.05) is 17.7 Å². The van der Waals surface area contributed by atoms with Gasteiger partial charge in [0, 0.05) is 0 Å². The molecule has 0 aromatic heterocycles. The van der Waals surface area contributed by atoms with Crippen LogP contribution in [0.15, 0.2) is 48.5 Å². The normalized spacial score (nSPS) is 28.0. The van der Waals surface area contributed by atoms with Gasteiger partial charge < -0.3 is 4.74 Å². The predicted octanol–water partition coefficient (Wildman–Crippen LogP) is 3.75. The minimum atomic E-state index is -0.468. The van der Waals surface area contributed by atoms with Crippen molar-refractivity contribution in [3.63, 3.8) is 0 Å². The number of benzene rings is 2. The molecule has 3 aliphatic rings. The SMILES string of the molecule is Cc1ccc(OC(=O)c2ccc(N3C(=O)[C@@H]4[C@H]5CC[C@@H](C5)[C@@H]4C3=O)cc2)cc1. The van der Waals surface area contributed by atoms with E-state index in [9.17, 15) is 14.4 Å². The third-order valence-electron chi connectivity index (χ3n) is 6.52. The average molecular weight is 375 g/mol. The number of fused-ring (bicyclic) bond motifs is 5. The van der Waals surface area contributed by atoms with Crippen molar-refractivity contribution < 1.29 is 19.1 Å². The molecular weight excluding hydrogens is 354 g/mol. The van der Waals surface area contributed by atoms with E-state index in [2.05, 4.69) is 0 Å².